The number of carbonyl (C=O) groups is 1. The zero-order chi connectivity index (χ0) is 22.7. The van der Waals surface area contributed by atoms with Crippen molar-refractivity contribution < 1.29 is 4.79 Å². The van der Waals surface area contributed by atoms with Gasteiger partial charge in [0.05, 0.1) is 29.0 Å². The molecule has 0 saturated carbocycles. The maximum absolute atomic E-state index is 12.7. The fourth-order valence-electron chi connectivity index (χ4n) is 3.74. The summed E-state index contributed by atoms with van der Waals surface area (Å²) in [5, 5.41) is 8.78. The second kappa shape index (κ2) is 9.44. The van der Waals surface area contributed by atoms with Gasteiger partial charge in [0.1, 0.15) is 0 Å². The van der Waals surface area contributed by atoms with E-state index in [-0.39, 0.29) is 17.5 Å². The van der Waals surface area contributed by atoms with E-state index in [0.717, 1.165) is 35.8 Å². The molecule has 2 N–H and O–H groups in total. The van der Waals surface area contributed by atoms with E-state index in [1.165, 1.54) is 0 Å². The molecule has 0 radical (unpaired) electrons. The third kappa shape index (κ3) is 4.62. The highest BCUT2D eigenvalue weighted by atomic mass is 32.1. The van der Waals surface area contributed by atoms with E-state index in [2.05, 4.69) is 20.4 Å². The van der Waals surface area contributed by atoms with Gasteiger partial charge in [0.15, 0.2) is 10.4 Å². The molecule has 0 bridgehead atoms. The fraction of sp³-hybridized carbons (Fsp3) is 0.348. The molecular weight excluding hydrogens is 424 g/mol. The lowest BCUT2D eigenvalue weighted by atomic mass is 10.2. The van der Waals surface area contributed by atoms with Gasteiger partial charge in [-0.2, -0.15) is 5.10 Å². The lowest BCUT2D eigenvalue weighted by molar-refractivity contribution is -0.116. The third-order valence-electron chi connectivity index (χ3n) is 5.38. The van der Waals surface area contributed by atoms with Crippen LogP contribution in [-0.4, -0.2) is 30.2 Å². The fourth-order valence-corrected chi connectivity index (χ4v) is 4.03. The minimum absolute atomic E-state index is 0.0532. The Bertz CT molecular complexity index is 1380. The Balaban J connectivity index is 1.28. The number of benzene rings is 1. The van der Waals surface area contributed by atoms with Gasteiger partial charge in [0.25, 0.3) is 5.56 Å². The van der Waals surface area contributed by atoms with Crippen molar-refractivity contribution in [3.05, 3.63) is 57.9 Å². The SMILES string of the molecule is CC(C)n1ncc2cc(NC(=O)CCCCCn3c(=S)[nH]c4ccccc4c3=O)cnc21. The second-order valence-electron chi connectivity index (χ2n) is 8.11. The molecule has 1 aromatic carbocycles. The highest BCUT2D eigenvalue weighted by molar-refractivity contribution is 7.71. The predicted octanol–water partition coefficient (Wildman–Crippen LogP) is 4.58. The number of anilines is 1. The number of hydrogen-bond donors (Lipinski definition) is 2. The van der Waals surface area contributed by atoms with Gasteiger partial charge < -0.3 is 10.3 Å². The van der Waals surface area contributed by atoms with Crippen molar-refractivity contribution in [1.82, 2.24) is 24.3 Å². The summed E-state index contributed by atoms with van der Waals surface area (Å²) >= 11 is 5.34. The molecule has 0 aliphatic rings. The Morgan fingerprint density at radius 2 is 2.00 bits per heavy atom. The van der Waals surface area contributed by atoms with E-state index in [4.69, 9.17) is 12.2 Å². The predicted molar refractivity (Wildman–Crippen MR) is 128 cm³/mol. The third-order valence-corrected chi connectivity index (χ3v) is 5.70. The molecule has 0 aliphatic heterocycles. The van der Waals surface area contributed by atoms with Gasteiger partial charge in [0, 0.05) is 24.4 Å². The highest BCUT2D eigenvalue weighted by Crippen LogP contribution is 2.19. The van der Waals surface area contributed by atoms with Crippen LogP contribution in [-0.2, 0) is 11.3 Å². The number of amides is 1. The van der Waals surface area contributed by atoms with Crippen LogP contribution in [0.4, 0.5) is 5.69 Å². The quantitative estimate of drug-likeness (QED) is 0.302. The Morgan fingerprint density at radius 1 is 1.19 bits per heavy atom. The van der Waals surface area contributed by atoms with E-state index in [1.807, 2.05) is 42.8 Å². The number of rotatable bonds is 8. The minimum Gasteiger partial charge on any atom is -0.332 e. The molecule has 0 saturated heterocycles. The second-order valence-corrected chi connectivity index (χ2v) is 8.50. The zero-order valence-corrected chi connectivity index (χ0v) is 19.0. The summed E-state index contributed by atoms with van der Waals surface area (Å²) in [6.45, 7) is 4.63. The van der Waals surface area contributed by atoms with Crippen LogP contribution >= 0.6 is 12.2 Å². The van der Waals surface area contributed by atoms with Crippen LogP contribution in [0.25, 0.3) is 21.9 Å². The van der Waals surface area contributed by atoms with Crippen LogP contribution in [0, 0.1) is 4.77 Å². The number of nitrogens with one attached hydrogen (secondary N) is 2. The molecule has 8 nitrogen and oxygen atoms in total. The first-order valence-corrected chi connectivity index (χ1v) is 11.2. The number of aromatic amines is 1. The van der Waals surface area contributed by atoms with Crippen molar-refractivity contribution in [2.45, 2.75) is 52.1 Å². The number of unbranched alkanes of at least 4 members (excludes halogenated alkanes) is 2. The number of para-hydroxylation sites is 1. The summed E-state index contributed by atoms with van der Waals surface area (Å²) < 4.78 is 3.87. The van der Waals surface area contributed by atoms with Crippen molar-refractivity contribution >= 4 is 45.7 Å². The number of nitrogens with zero attached hydrogens (tertiary/aromatic N) is 4. The molecule has 4 rings (SSSR count). The van der Waals surface area contributed by atoms with Gasteiger partial charge in [-0.25, -0.2) is 9.67 Å². The maximum Gasteiger partial charge on any atom is 0.262 e. The molecule has 1 amide bonds. The van der Waals surface area contributed by atoms with Crippen LogP contribution in [0.3, 0.4) is 0 Å². The van der Waals surface area contributed by atoms with Crippen LogP contribution in [0.5, 0.6) is 0 Å². The van der Waals surface area contributed by atoms with Crippen LogP contribution in [0.1, 0.15) is 45.6 Å². The van der Waals surface area contributed by atoms with Crippen molar-refractivity contribution in [3.8, 4) is 0 Å². The van der Waals surface area contributed by atoms with Crippen LogP contribution in [0.15, 0.2) is 47.5 Å². The topological polar surface area (TPSA) is 97.6 Å². The number of carbonyl (C=O) groups excluding carboxylic acids is 1. The van der Waals surface area contributed by atoms with Gasteiger partial charge in [-0.05, 0) is 57.1 Å². The van der Waals surface area contributed by atoms with Gasteiger partial charge in [-0.1, -0.05) is 18.6 Å². The zero-order valence-electron chi connectivity index (χ0n) is 18.2. The van der Waals surface area contributed by atoms with Crippen LogP contribution in [0.2, 0.25) is 0 Å². The van der Waals surface area contributed by atoms with E-state index in [1.54, 1.807) is 23.0 Å². The van der Waals surface area contributed by atoms with Crippen molar-refractivity contribution in [3.63, 3.8) is 0 Å². The number of aromatic nitrogens is 5. The lowest BCUT2D eigenvalue weighted by Gasteiger charge is -2.09. The number of hydrogen-bond acceptors (Lipinski definition) is 5. The average molecular weight is 451 g/mol. The van der Waals surface area contributed by atoms with E-state index in [0.29, 0.717) is 28.8 Å². The smallest absolute Gasteiger partial charge is 0.262 e. The molecule has 0 unspecified atom stereocenters. The summed E-state index contributed by atoms with van der Waals surface area (Å²) in [4.78, 5) is 32.5. The number of fused-ring (bicyclic) bond motifs is 2. The van der Waals surface area contributed by atoms with Gasteiger partial charge in [-0.15, -0.1) is 0 Å². The van der Waals surface area contributed by atoms with Crippen LogP contribution < -0.4 is 10.9 Å². The maximum atomic E-state index is 12.7. The Hall–Kier alpha value is -3.33. The molecule has 166 valence electrons. The molecule has 0 atom stereocenters. The molecule has 4 aromatic rings. The Labute approximate surface area is 190 Å². The average Bonchev–Trinajstić information content (AvgIpc) is 3.19. The summed E-state index contributed by atoms with van der Waals surface area (Å²) in [7, 11) is 0. The number of pyridine rings is 1. The van der Waals surface area contributed by atoms with E-state index < -0.39 is 0 Å². The van der Waals surface area contributed by atoms with Gasteiger partial charge in [-0.3, -0.25) is 14.2 Å². The summed E-state index contributed by atoms with van der Waals surface area (Å²) in [5.41, 5.74) is 2.14. The molecule has 0 fully saturated rings. The normalized spacial score (nSPS) is 11.5. The molecule has 3 heterocycles. The monoisotopic (exact) mass is 450 g/mol. The van der Waals surface area contributed by atoms with Gasteiger partial charge in [0.2, 0.25) is 5.91 Å². The van der Waals surface area contributed by atoms with E-state index in [9.17, 15) is 9.59 Å². The summed E-state index contributed by atoms with van der Waals surface area (Å²) in [6.07, 6.45) is 6.14. The first-order chi connectivity index (χ1) is 15.4. The molecule has 0 aliphatic carbocycles. The minimum atomic E-state index is -0.0780. The first-order valence-electron chi connectivity index (χ1n) is 10.8. The molecule has 3 aromatic heterocycles. The largest absolute Gasteiger partial charge is 0.332 e. The molecular formula is C23H26N6O2S. The Morgan fingerprint density at radius 3 is 2.81 bits per heavy atom. The van der Waals surface area contributed by atoms with Crippen molar-refractivity contribution in [1.29, 1.82) is 0 Å². The highest BCUT2D eigenvalue weighted by Gasteiger charge is 2.10. The number of H-pyrrole nitrogens is 1. The van der Waals surface area contributed by atoms with Crippen molar-refractivity contribution in [2.75, 3.05) is 5.32 Å². The lowest BCUT2D eigenvalue weighted by Crippen LogP contribution is -2.22. The standard InChI is InChI=1S/C23H26N6O2S/c1-15(2)29-21-16(13-25-29)12-17(14-24-21)26-20(30)10-4-3-7-11-28-22(31)18-8-5-6-9-19(18)27-23(28)32/h5-6,8-9,12-15H,3-4,7,10-11H2,1-2H3,(H,26,30)(H,27,32). The molecule has 9 heteroatoms. The van der Waals surface area contributed by atoms with E-state index >= 15 is 0 Å². The Kier molecular flexibility index (Phi) is 6.45. The summed E-state index contributed by atoms with van der Waals surface area (Å²) in [6, 6.07) is 9.46. The van der Waals surface area contributed by atoms with Crippen molar-refractivity contribution in [2.24, 2.45) is 0 Å². The van der Waals surface area contributed by atoms with Gasteiger partial charge >= 0.3 is 0 Å². The molecule has 32 heavy (non-hydrogen) atoms. The first kappa shape index (κ1) is 21.9. The summed E-state index contributed by atoms with van der Waals surface area (Å²) in [5.74, 6) is -0.0532. The molecule has 0 spiro atoms.